The van der Waals surface area contributed by atoms with Crippen molar-refractivity contribution in [1.29, 1.82) is 0 Å². The molecule has 5 aromatic rings. The van der Waals surface area contributed by atoms with Gasteiger partial charge in [0.2, 0.25) is 11.8 Å². The number of rotatable bonds is 12. The Morgan fingerprint density at radius 1 is 0.750 bits per heavy atom. The van der Waals surface area contributed by atoms with Crippen LogP contribution in [0.1, 0.15) is 56.8 Å². The number of nitrogens with two attached hydrogens (primary N) is 1. The van der Waals surface area contributed by atoms with Crippen molar-refractivity contribution in [2.75, 3.05) is 46.5 Å². The van der Waals surface area contributed by atoms with Gasteiger partial charge in [-0.1, -0.05) is 36.4 Å². The Bertz CT molecular complexity index is 2690. The van der Waals surface area contributed by atoms with E-state index in [2.05, 4.69) is 27.3 Å². The molecular formula is C48H49N7O9. The Labute approximate surface area is 369 Å². The maximum Gasteiger partial charge on any atom is 0.260 e. The third-order valence-electron chi connectivity index (χ3n) is 12.1. The third-order valence-corrected chi connectivity index (χ3v) is 12.1. The van der Waals surface area contributed by atoms with E-state index in [1.807, 2.05) is 53.4 Å². The van der Waals surface area contributed by atoms with Crippen LogP contribution in [-0.2, 0) is 35.6 Å². The number of hydrogen-bond acceptors (Lipinski definition) is 12. The normalized spacial score (nSPS) is 18.8. The van der Waals surface area contributed by atoms with Crippen molar-refractivity contribution < 1.29 is 43.2 Å². The van der Waals surface area contributed by atoms with Gasteiger partial charge < -0.3 is 60.9 Å². The van der Waals surface area contributed by atoms with Crippen molar-refractivity contribution in [3.8, 4) is 23.0 Å². The molecule has 5 atom stereocenters. The fourth-order valence-corrected chi connectivity index (χ4v) is 8.84. The fourth-order valence-electron chi connectivity index (χ4n) is 8.84. The van der Waals surface area contributed by atoms with Crippen LogP contribution in [0.15, 0.2) is 91.0 Å². The minimum Gasteiger partial charge on any atom is -0.493 e. The first-order valence-corrected chi connectivity index (χ1v) is 21.1. The summed E-state index contributed by atoms with van der Waals surface area (Å²) in [5.41, 5.74) is 12.9. The van der Waals surface area contributed by atoms with Gasteiger partial charge in [0.25, 0.3) is 11.8 Å². The number of para-hydroxylation sites is 2. The van der Waals surface area contributed by atoms with Gasteiger partial charge in [-0.25, -0.2) is 0 Å². The minimum atomic E-state index is -1.06. The van der Waals surface area contributed by atoms with E-state index >= 15 is 0 Å². The SMILES string of the molecule is COc1cc2c(cc1OCc1cc(COc3cc4c(cc3OC)C(=O)N3c5ccccc5C[C@H]3C(O)N4)cc(NC(=O)[C@@H](C)NC(=O)[C@H](C)N)c1)NC[C@@H]1Cc3ccccc3N1C2=O. The highest BCUT2D eigenvalue weighted by Crippen LogP contribution is 2.43. The van der Waals surface area contributed by atoms with Crippen molar-refractivity contribution in [2.45, 2.75) is 70.3 Å². The molecule has 7 N–H and O–H groups in total. The number of carbonyl (C=O) groups excluding carboxylic acids is 4. The van der Waals surface area contributed by atoms with Crippen molar-refractivity contribution in [1.82, 2.24) is 5.32 Å². The van der Waals surface area contributed by atoms with Gasteiger partial charge in [-0.05, 0) is 91.4 Å². The highest BCUT2D eigenvalue weighted by atomic mass is 16.5. The first kappa shape index (κ1) is 42.0. The van der Waals surface area contributed by atoms with E-state index in [1.165, 1.54) is 21.1 Å². The molecule has 16 heteroatoms. The molecule has 4 amide bonds. The van der Waals surface area contributed by atoms with Crippen LogP contribution >= 0.6 is 0 Å². The Hall–Kier alpha value is -7.30. The van der Waals surface area contributed by atoms with Gasteiger partial charge >= 0.3 is 0 Å². The summed E-state index contributed by atoms with van der Waals surface area (Å²) in [5.74, 6) is 0.00105. The van der Waals surface area contributed by atoms with Gasteiger partial charge in [0.1, 0.15) is 25.5 Å². The number of aliphatic hydroxyl groups excluding tert-OH is 1. The second-order valence-corrected chi connectivity index (χ2v) is 16.4. The topological polar surface area (TPSA) is 206 Å². The molecule has 0 fully saturated rings. The second kappa shape index (κ2) is 17.1. The zero-order chi connectivity index (χ0) is 44.8. The summed E-state index contributed by atoms with van der Waals surface area (Å²) in [6, 6.07) is 25.3. The van der Waals surface area contributed by atoms with Crippen LogP contribution in [0.25, 0.3) is 0 Å². The molecule has 16 nitrogen and oxygen atoms in total. The lowest BCUT2D eigenvalue weighted by molar-refractivity contribution is -0.126. The molecule has 5 aromatic carbocycles. The summed E-state index contributed by atoms with van der Waals surface area (Å²) >= 11 is 0. The van der Waals surface area contributed by atoms with Gasteiger partial charge in [-0.15, -0.1) is 0 Å². The van der Waals surface area contributed by atoms with E-state index in [0.717, 1.165) is 28.9 Å². The highest BCUT2D eigenvalue weighted by Gasteiger charge is 2.42. The highest BCUT2D eigenvalue weighted by molar-refractivity contribution is 6.13. The molecule has 4 aliphatic rings. The van der Waals surface area contributed by atoms with Crippen LogP contribution in [0.3, 0.4) is 0 Å². The Balaban J connectivity index is 0.981. The predicted molar refractivity (Wildman–Crippen MR) is 241 cm³/mol. The molecule has 9 rings (SSSR count). The van der Waals surface area contributed by atoms with Gasteiger partial charge in [0, 0.05) is 35.7 Å². The molecule has 64 heavy (non-hydrogen) atoms. The number of amides is 4. The largest absolute Gasteiger partial charge is 0.493 e. The number of anilines is 5. The Morgan fingerprint density at radius 2 is 1.31 bits per heavy atom. The summed E-state index contributed by atoms with van der Waals surface area (Å²) in [6.07, 6.45) is 0.171. The average Bonchev–Trinajstić information content (AvgIpc) is 3.81. The summed E-state index contributed by atoms with van der Waals surface area (Å²) < 4.78 is 24.2. The molecule has 0 saturated carbocycles. The zero-order valence-corrected chi connectivity index (χ0v) is 35.8. The molecule has 4 aliphatic heterocycles. The number of nitrogens with one attached hydrogen (secondary N) is 4. The van der Waals surface area contributed by atoms with Crippen LogP contribution in [0.4, 0.5) is 28.4 Å². The van der Waals surface area contributed by atoms with Crippen molar-refractivity contribution in [2.24, 2.45) is 5.73 Å². The average molecular weight is 868 g/mol. The van der Waals surface area contributed by atoms with Gasteiger partial charge in [-0.2, -0.15) is 0 Å². The monoisotopic (exact) mass is 867 g/mol. The van der Waals surface area contributed by atoms with E-state index < -0.39 is 36.2 Å². The Kier molecular flexibility index (Phi) is 11.2. The van der Waals surface area contributed by atoms with Crippen molar-refractivity contribution in [3.63, 3.8) is 0 Å². The summed E-state index contributed by atoms with van der Waals surface area (Å²) in [6.45, 7) is 3.63. The van der Waals surface area contributed by atoms with Gasteiger partial charge in [-0.3, -0.25) is 19.2 Å². The molecule has 0 saturated heterocycles. The Morgan fingerprint density at radius 3 is 1.94 bits per heavy atom. The number of methoxy groups -OCH3 is 2. The van der Waals surface area contributed by atoms with E-state index in [0.29, 0.717) is 75.3 Å². The fraction of sp³-hybridized carbons (Fsp3) is 0.292. The molecule has 0 aliphatic carbocycles. The second-order valence-electron chi connectivity index (χ2n) is 16.4. The first-order chi connectivity index (χ1) is 30.9. The molecule has 330 valence electrons. The van der Waals surface area contributed by atoms with Crippen LogP contribution in [0, 0.1) is 0 Å². The summed E-state index contributed by atoms with van der Waals surface area (Å²) in [4.78, 5) is 57.2. The minimum absolute atomic E-state index is 0.0174. The number of benzene rings is 5. The third kappa shape index (κ3) is 7.86. The standard InChI is InChI=1S/C48H49N7O9/c1-25(49)44(56)51-26(2)45(57)52-31-14-27(23-63-42-20-35-33(18-40(42)61-3)47(59)54-32(22-50-35)16-29-9-5-7-11-37(29)54)13-28(15-31)24-64-43-21-36-34(19-41(43)62-4)48(60)55-38-12-8-6-10-30(38)17-39(55)46(58)53-36/h5-15,18-21,25-26,32,39,46,50,53,58H,16-17,22-24,49H2,1-4H3,(H,51,56)(H,52,57)/t25-,26+,32-,39-,46?/m0/s1. The smallest absolute Gasteiger partial charge is 0.260 e. The predicted octanol–water partition coefficient (Wildman–Crippen LogP) is 4.96. The van der Waals surface area contributed by atoms with E-state index in [4.69, 9.17) is 24.7 Å². The number of hydrogen-bond donors (Lipinski definition) is 6. The summed E-state index contributed by atoms with van der Waals surface area (Å²) in [7, 11) is 2.99. The van der Waals surface area contributed by atoms with Gasteiger partial charge in [0.05, 0.1) is 54.8 Å². The summed E-state index contributed by atoms with van der Waals surface area (Å²) in [5, 5.41) is 23.4. The molecule has 1 unspecified atom stereocenters. The number of fused-ring (bicyclic) bond motifs is 8. The number of ether oxygens (including phenoxy) is 4. The molecule has 0 spiro atoms. The molecule has 0 bridgehead atoms. The first-order valence-electron chi connectivity index (χ1n) is 21.1. The lowest BCUT2D eigenvalue weighted by Crippen LogP contribution is -2.47. The van der Waals surface area contributed by atoms with Crippen LogP contribution in [0.5, 0.6) is 23.0 Å². The van der Waals surface area contributed by atoms with E-state index in [9.17, 15) is 24.3 Å². The number of aliphatic hydroxyl groups is 1. The van der Waals surface area contributed by atoms with Crippen LogP contribution < -0.4 is 55.7 Å². The lowest BCUT2D eigenvalue weighted by atomic mass is 10.1. The molecule has 4 heterocycles. The van der Waals surface area contributed by atoms with Crippen molar-refractivity contribution in [3.05, 3.63) is 124 Å². The number of carbonyl (C=O) groups is 4. The molecule has 0 radical (unpaired) electrons. The van der Waals surface area contributed by atoms with E-state index in [-0.39, 0.29) is 31.1 Å². The van der Waals surface area contributed by atoms with Crippen LogP contribution in [-0.4, -0.2) is 79.9 Å². The molecule has 0 aromatic heterocycles. The maximum absolute atomic E-state index is 14.0. The van der Waals surface area contributed by atoms with Crippen molar-refractivity contribution >= 4 is 52.1 Å². The number of nitrogens with zero attached hydrogens (tertiary/aromatic N) is 2. The van der Waals surface area contributed by atoms with Gasteiger partial charge in [0.15, 0.2) is 23.0 Å². The lowest BCUT2D eigenvalue weighted by Gasteiger charge is -2.26. The van der Waals surface area contributed by atoms with Crippen LogP contribution in [0.2, 0.25) is 0 Å². The van der Waals surface area contributed by atoms with E-state index in [1.54, 1.807) is 48.2 Å². The maximum atomic E-state index is 14.0. The zero-order valence-electron chi connectivity index (χ0n) is 35.8. The molecular weight excluding hydrogens is 819 g/mol. The quantitative estimate of drug-likeness (QED) is 0.0985.